The van der Waals surface area contributed by atoms with Crippen molar-refractivity contribution in [1.82, 2.24) is 9.80 Å². The Bertz CT molecular complexity index is 3050. The molecule has 4 aliphatic heterocycles. The second-order valence-electron chi connectivity index (χ2n) is 19.0. The number of nitrogens with zero attached hydrogens (tertiary/aromatic N) is 4. The minimum absolute atomic E-state index is 0.0264. The molecule has 5 aromatic carbocycles. The number of imide groups is 1. The van der Waals surface area contributed by atoms with Gasteiger partial charge in [0.15, 0.2) is 5.92 Å². The third-order valence-corrected chi connectivity index (χ3v) is 14.6. The highest BCUT2D eigenvalue weighted by molar-refractivity contribution is 6.23. The number of carbonyl (C=O) groups excluding carboxylic acids is 6. The Morgan fingerprint density at radius 1 is 0.789 bits per heavy atom. The van der Waals surface area contributed by atoms with Gasteiger partial charge in [0, 0.05) is 37.2 Å². The Kier molecular flexibility index (Phi) is 15.9. The zero-order valence-corrected chi connectivity index (χ0v) is 41.9. The van der Waals surface area contributed by atoms with Gasteiger partial charge in [0.25, 0.3) is 5.69 Å². The van der Waals surface area contributed by atoms with Gasteiger partial charge in [0.1, 0.15) is 36.5 Å². The molecule has 3 fully saturated rings. The smallest absolute Gasteiger partial charge is 0.421 e. The van der Waals surface area contributed by atoms with E-state index < -0.39 is 88.8 Å². The van der Waals surface area contributed by atoms with Gasteiger partial charge in [0.2, 0.25) is 11.8 Å². The van der Waals surface area contributed by atoms with Gasteiger partial charge in [-0.05, 0) is 83.1 Å². The van der Waals surface area contributed by atoms with Crippen LogP contribution in [0.3, 0.4) is 0 Å². The molecule has 0 bridgehead atoms. The number of cyclic esters (lactones) is 1. The topological polar surface area (TPSA) is 222 Å². The number of anilines is 1. The van der Waals surface area contributed by atoms with Gasteiger partial charge in [0.05, 0.1) is 49.4 Å². The number of aliphatic hydroxyl groups is 1. The van der Waals surface area contributed by atoms with Crippen LogP contribution in [0.5, 0.6) is 5.75 Å². The number of amides is 3. The molecule has 3 amide bonds. The number of esters is 3. The summed E-state index contributed by atoms with van der Waals surface area (Å²) >= 11 is 0. The largest absolute Gasteiger partial charge is 0.491 e. The molecule has 0 unspecified atom stereocenters. The summed E-state index contributed by atoms with van der Waals surface area (Å²) in [6.45, 7) is -0.153. The van der Waals surface area contributed by atoms with Crippen LogP contribution >= 0.6 is 0 Å². The Morgan fingerprint density at radius 2 is 1.43 bits per heavy atom. The van der Waals surface area contributed by atoms with Gasteiger partial charge in [-0.3, -0.25) is 39.0 Å². The van der Waals surface area contributed by atoms with E-state index in [-0.39, 0.29) is 42.1 Å². The lowest BCUT2D eigenvalue weighted by Gasteiger charge is -2.46. The molecule has 9 rings (SSSR count). The van der Waals surface area contributed by atoms with Crippen LogP contribution < -0.4 is 9.64 Å². The van der Waals surface area contributed by atoms with Gasteiger partial charge < -0.3 is 33.7 Å². The summed E-state index contributed by atoms with van der Waals surface area (Å²) in [5.41, 5.74) is 0.192. The highest BCUT2D eigenvalue weighted by Crippen LogP contribution is 2.66. The standard InChI is InChI=1S/C58H56N4O14/c1-72-53(65)44(54(66)73-2)23-14-16-37-26-29-46-45(34-37)58(56(68)60(46)57(69)75-36-38-24-27-42(28-25-38)62(70)71)47(52(64)59-30-12-4-3-5-13-31-59)49-55(67)76-50(40-19-10-7-11-20-40)48(39-17-8-6-9-18-39)61(49)51(58)41-21-15-22-43(35-41)74-33-32-63/h6-11,15,17-22,24-29,34-35,44,47-51,63H,3-5,12-13,23,30-33,36H2,1-2H3/t47-,48-,49-,50+,51+,58-/m0/s1. The number of likely N-dealkylation sites (tertiary alicyclic amines) is 1. The average Bonchev–Trinajstić information content (AvgIpc) is 3.98. The van der Waals surface area contributed by atoms with Gasteiger partial charge in [-0.1, -0.05) is 104 Å². The lowest BCUT2D eigenvalue weighted by atomic mass is 9.64. The fourth-order valence-electron chi connectivity index (χ4n) is 11.3. The maximum atomic E-state index is 16.8. The van der Waals surface area contributed by atoms with Gasteiger partial charge in [-0.2, -0.15) is 0 Å². The van der Waals surface area contributed by atoms with Crippen molar-refractivity contribution in [3.8, 4) is 17.6 Å². The number of aliphatic hydroxyl groups excluding tert-OH is 1. The molecule has 6 atom stereocenters. The van der Waals surface area contributed by atoms with E-state index in [1.54, 1.807) is 41.3 Å². The van der Waals surface area contributed by atoms with E-state index in [2.05, 4.69) is 11.8 Å². The third-order valence-electron chi connectivity index (χ3n) is 14.6. The number of rotatable bonds is 13. The second-order valence-corrected chi connectivity index (χ2v) is 19.0. The number of nitro benzene ring substituents is 1. The number of non-ortho nitro benzene ring substituents is 1. The van der Waals surface area contributed by atoms with E-state index in [9.17, 15) is 24.8 Å². The van der Waals surface area contributed by atoms with Crippen LogP contribution in [0.2, 0.25) is 0 Å². The minimum atomic E-state index is -2.18. The minimum Gasteiger partial charge on any atom is -0.491 e. The van der Waals surface area contributed by atoms with Crippen molar-refractivity contribution < 1.29 is 62.5 Å². The third kappa shape index (κ3) is 9.98. The Balaban J connectivity index is 1.32. The number of methoxy groups -OCH3 is 2. The average molecular weight is 1030 g/mol. The zero-order chi connectivity index (χ0) is 53.5. The summed E-state index contributed by atoms with van der Waals surface area (Å²) in [6, 6.07) is 31.8. The van der Waals surface area contributed by atoms with Gasteiger partial charge >= 0.3 is 24.0 Å². The molecule has 0 radical (unpaired) electrons. The first kappa shape index (κ1) is 52.5. The van der Waals surface area contributed by atoms with Crippen LogP contribution in [-0.2, 0) is 54.9 Å². The number of nitro groups is 1. The van der Waals surface area contributed by atoms with Crippen molar-refractivity contribution in [3.63, 3.8) is 0 Å². The molecule has 3 saturated heterocycles. The quantitative estimate of drug-likeness (QED) is 0.0302. The highest BCUT2D eigenvalue weighted by Gasteiger charge is 2.76. The summed E-state index contributed by atoms with van der Waals surface area (Å²) in [6.07, 6.45) is 1.53. The Morgan fingerprint density at radius 3 is 2.08 bits per heavy atom. The molecule has 18 nitrogen and oxygen atoms in total. The lowest BCUT2D eigenvalue weighted by Crippen LogP contribution is -2.56. The molecule has 1 spiro atoms. The van der Waals surface area contributed by atoms with Crippen LogP contribution in [0, 0.1) is 33.8 Å². The Labute approximate surface area is 438 Å². The van der Waals surface area contributed by atoms with E-state index in [0.717, 1.165) is 38.4 Å². The van der Waals surface area contributed by atoms with Crippen molar-refractivity contribution in [2.75, 3.05) is 45.4 Å². The normalized spacial score (nSPS) is 22.0. The molecule has 1 N–H and O–H groups in total. The van der Waals surface area contributed by atoms with E-state index >= 15 is 19.2 Å². The summed E-state index contributed by atoms with van der Waals surface area (Å²) < 4.78 is 28.3. The van der Waals surface area contributed by atoms with Crippen molar-refractivity contribution in [1.29, 1.82) is 0 Å². The van der Waals surface area contributed by atoms with E-state index in [4.69, 9.17) is 23.7 Å². The van der Waals surface area contributed by atoms with Crippen molar-refractivity contribution >= 4 is 47.2 Å². The molecule has 4 heterocycles. The first-order chi connectivity index (χ1) is 36.9. The Hall–Kier alpha value is -8.40. The number of fused-ring (bicyclic) bond motifs is 3. The molecule has 392 valence electrons. The molecule has 0 aromatic heterocycles. The molecule has 76 heavy (non-hydrogen) atoms. The predicted octanol–water partition coefficient (Wildman–Crippen LogP) is 7.46. The molecular weight excluding hydrogens is 977 g/mol. The monoisotopic (exact) mass is 1030 g/mol. The first-order valence-corrected chi connectivity index (χ1v) is 25.2. The lowest BCUT2D eigenvalue weighted by molar-refractivity contribution is -0.384. The zero-order valence-electron chi connectivity index (χ0n) is 41.9. The summed E-state index contributed by atoms with van der Waals surface area (Å²) in [5, 5.41) is 21.4. The molecule has 18 heteroatoms. The van der Waals surface area contributed by atoms with Crippen LogP contribution in [0.1, 0.15) is 90.1 Å². The van der Waals surface area contributed by atoms with E-state index in [1.165, 1.54) is 30.3 Å². The number of ether oxygens (including phenoxy) is 5. The number of hydrogen-bond donors (Lipinski definition) is 1. The predicted molar refractivity (Wildman–Crippen MR) is 273 cm³/mol. The maximum absolute atomic E-state index is 16.8. The number of carbonyl (C=O) groups is 6. The van der Waals surface area contributed by atoms with Crippen LogP contribution in [0.25, 0.3) is 0 Å². The summed E-state index contributed by atoms with van der Waals surface area (Å²) in [7, 11) is 2.27. The molecule has 0 saturated carbocycles. The molecule has 0 aliphatic carbocycles. The number of benzene rings is 5. The van der Waals surface area contributed by atoms with Gasteiger partial charge in [-0.25, -0.2) is 9.69 Å². The van der Waals surface area contributed by atoms with Crippen LogP contribution in [0.15, 0.2) is 127 Å². The maximum Gasteiger partial charge on any atom is 0.421 e. The SMILES string of the molecule is COC(=O)C(CC#Cc1ccc2c(c1)[C@]1(C(=O)N2C(=O)OCc2ccc([N+](=O)[O-])cc2)[C@H](C(=O)N2CCCCCCC2)[C@H]2C(=O)O[C@H](c3ccccc3)[C@H](c3ccccc3)N2[C@@H]1c1cccc(OCCO)c1)C(=O)OC. The molecule has 4 aliphatic rings. The molecular formula is C58H56N4O14. The van der Waals surface area contributed by atoms with Crippen molar-refractivity contribution in [2.24, 2.45) is 11.8 Å². The van der Waals surface area contributed by atoms with E-state index in [1.807, 2.05) is 65.6 Å². The highest BCUT2D eigenvalue weighted by atomic mass is 16.6. The summed E-state index contributed by atoms with van der Waals surface area (Å²) in [4.78, 5) is 105. The number of morpholine rings is 1. The van der Waals surface area contributed by atoms with E-state index in [0.29, 0.717) is 53.9 Å². The van der Waals surface area contributed by atoms with Crippen molar-refractivity contribution in [3.05, 3.63) is 171 Å². The second kappa shape index (κ2) is 23.0. The first-order valence-electron chi connectivity index (χ1n) is 25.2. The fraction of sp³-hybridized carbons (Fsp3) is 0.345. The van der Waals surface area contributed by atoms with Crippen LogP contribution in [-0.4, -0.2) is 102 Å². The van der Waals surface area contributed by atoms with Gasteiger partial charge in [-0.15, -0.1) is 0 Å². The van der Waals surface area contributed by atoms with Crippen LogP contribution in [0.4, 0.5) is 16.2 Å². The fourth-order valence-corrected chi connectivity index (χ4v) is 11.3. The van der Waals surface area contributed by atoms with Crippen molar-refractivity contribution in [2.45, 2.75) is 74.8 Å². The molecule has 5 aromatic rings. The number of hydrogen-bond acceptors (Lipinski definition) is 15. The summed E-state index contributed by atoms with van der Waals surface area (Å²) in [5.74, 6) is -0.644.